The highest BCUT2D eigenvalue weighted by atomic mass is 32.2. The van der Waals surface area contributed by atoms with Gasteiger partial charge in [0.05, 0.1) is 12.2 Å². The summed E-state index contributed by atoms with van der Waals surface area (Å²) in [6, 6.07) is 11.4. The van der Waals surface area contributed by atoms with Crippen molar-refractivity contribution in [1.29, 1.82) is 5.41 Å². The normalized spacial score (nSPS) is 16.2. The number of amidine groups is 2. The molecule has 0 saturated carbocycles. The van der Waals surface area contributed by atoms with Crippen LogP contribution in [0, 0.1) is 19.3 Å². The Balaban J connectivity index is 1.45. The molecule has 1 N–H and O–H groups in total. The van der Waals surface area contributed by atoms with E-state index in [1.807, 2.05) is 38.1 Å². The second-order valence-electron chi connectivity index (χ2n) is 7.95. The molecule has 2 aromatic carbocycles. The highest BCUT2D eigenvalue weighted by Crippen LogP contribution is 2.32. The van der Waals surface area contributed by atoms with Crippen LogP contribution in [-0.4, -0.2) is 46.8 Å². The molecule has 4 rings (SSSR count). The van der Waals surface area contributed by atoms with E-state index in [1.54, 1.807) is 18.2 Å². The van der Waals surface area contributed by atoms with Gasteiger partial charge in [-0.25, -0.2) is 0 Å². The van der Waals surface area contributed by atoms with Crippen LogP contribution in [0.4, 0.5) is 0 Å². The summed E-state index contributed by atoms with van der Waals surface area (Å²) in [5.41, 5.74) is 3.28. The zero-order chi connectivity index (χ0) is 24.9. The van der Waals surface area contributed by atoms with Crippen LogP contribution in [0.1, 0.15) is 37.0 Å². The summed E-state index contributed by atoms with van der Waals surface area (Å²) in [7, 11) is 0. The molecule has 0 fully saturated rings. The minimum atomic E-state index is -0.455. The van der Waals surface area contributed by atoms with Crippen molar-refractivity contribution in [2.45, 2.75) is 34.1 Å². The zero-order valence-corrected chi connectivity index (χ0v) is 21.1. The second kappa shape index (κ2) is 10.8. The molecule has 0 bridgehead atoms. The molecule has 2 aromatic rings. The Morgan fingerprint density at radius 3 is 2.54 bits per heavy atom. The van der Waals surface area contributed by atoms with E-state index in [-0.39, 0.29) is 11.4 Å². The van der Waals surface area contributed by atoms with Gasteiger partial charge < -0.3 is 14.2 Å². The molecule has 0 aliphatic carbocycles. The number of aliphatic imine (C=N–C) groups is 1. The summed E-state index contributed by atoms with van der Waals surface area (Å²) in [5, 5.41) is 15.5. The molecule has 8 nitrogen and oxygen atoms in total. The minimum absolute atomic E-state index is 0.0118. The van der Waals surface area contributed by atoms with E-state index in [2.05, 4.69) is 23.9 Å². The van der Waals surface area contributed by atoms with Crippen molar-refractivity contribution in [2.75, 3.05) is 19.8 Å². The van der Waals surface area contributed by atoms with Gasteiger partial charge in [-0.1, -0.05) is 19.1 Å². The molecule has 0 unspecified atom stereocenters. The Morgan fingerprint density at radius 2 is 1.80 bits per heavy atom. The van der Waals surface area contributed by atoms with Crippen molar-refractivity contribution in [3.05, 3.63) is 58.7 Å². The fraction of sp³-hybridized carbons (Fsp3) is 0.308. The number of hydrogen-bond acceptors (Lipinski definition) is 7. The van der Waals surface area contributed by atoms with Crippen molar-refractivity contribution in [3.63, 3.8) is 0 Å². The molecule has 2 aliphatic rings. The van der Waals surface area contributed by atoms with E-state index in [0.717, 1.165) is 17.2 Å². The molecule has 0 spiro atoms. The van der Waals surface area contributed by atoms with Gasteiger partial charge in [-0.15, -0.1) is 0 Å². The summed E-state index contributed by atoms with van der Waals surface area (Å²) in [4.78, 5) is 16.7. The highest BCUT2D eigenvalue weighted by Gasteiger charge is 2.35. The molecule has 0 atom stereocenters. The van der Waals surface area contributed by atoms with E-state index in [1.165, 1.54) is 27.9 Å². The Bertz CT molecular complexity index is 1250. The number of amides is 1. The van der Waals surface area contributed by atoms with Crippen LogP contribution in [0.25, 0.3) is 6.08 Å². The molecule has 2 heterocycles. The molecular weight excluding hydrogens is 464 g/mol. The van der Waals surface area contributed by atoms with Gasteiger partial charge in [-0.2, -0.15) is 15.1 Å². The number of carbonyl (C=O) groups is 1. The smallest absolute Gasteiger partial charge is 0.283 e. The summed E-state index contributed by atoms with van der Waals surface area (Å²) in [5.74, 6) is 1.49. The molecular formula is C26H28N4O4S. The van der Waals surface area contributed by atoms with Gasteiger partial charge in [-0.3, -0.25) is 10.2 Å². The third-order valence-electron chi connectivity index (χ3n) is 5.47. The lowest BCUT2D eigenvalue weighted by molar-refractivity contribution is -0.114. The second-order valence-corrected chi connectivity index (χ2v) is 8.99. The molecule has 0 radical (unpaired) electrons. The third-order valence-corrected chi connectivity index (χ3v) is 6.52. The first-order chi connectivity index (χ1) is 16.9. The van der Waals surface area contributed by atoms with Crippen LogP contribution >= 0.6 is 11.8 Å². The molecule has 2 aliphatic heterocycles. The Labute approximate surface area is 209 Å². The average molecular weight is 493 g/mol. The standard InChI is InChI=1S/C26H28N4O4S/c1-5-23-29-30-24(27)20(25(31)28-26(30)35-23)14-18-8-10-21(22(15-18)32-6-2)34-12-11-33-19-9-7-16(3)17(4)13-19/h7-10,13-15,27H,5-6,11-12H2,1-4H3. The van der Waals surface area contributed by atoms with Crippen molar-refractivity contribution in [2.24, 2.45) is 10.1 Å². The fourth-order valence-corrected chi connectivity index (χ4v) is 4.28. The number of nitrogens with zero attached hydrogens (tertiary/aromatic N) is 3. The predicted molar refractivity (Wildman–Crippen MR) is 140 cm³/mol. The van der Waals surface area contributed by atoms with Gasteiger partial charge in [0.15, 0.2) is 17.3 Å². The molecule has 1 amide bonds. The Kier molecular flexibility index (Phi) is 7.55. The summed E-state index contributed by atoms with van der Waals surface area (Å²) >= 11 is 1.32. The predicted octanol–water partition coefficient (Wildman–Crippen LogP) is 5.19. The van der Waals surface area contributed by atoms with E-state index in [0.29, 0.717) is 42.1 Å². The molecule has 35 heavy (non-hydrogen) atoms. The van der Waals surface area contributed by atoms with Crippen molar-refractivity contribution >= 4 is 39.8 Å². The largest absolute Gasteiger partial charge is 0.490 e. The van der Waals surface area contributed by atoms with E-state index in [9.17, 15) is 4.79 Å². The van der Waals surface area contributed by atoms with Crippen LogP contribution in [0.2, 0.25) is 0 Å². The highest BCUT2D eigenvalue weighted by molar-refractivity contribution is 8.26. The Morgan fingerprint density at radius 1 is 1.00 bits per heavy atom. The first-order valence-corrected chi connectivity index (χ1v) is 12.3. The maximum absolute atomic E-state index is 12.6. The van der Waals surface area contributed by atoms with Gasteiger partial charge in [0.1, 0.15) is 24.0 Å². The van der Waals surface area contributed by atoms with Crippen molar-refractivity contribution in [3.8, 4) is 17.2 Å². The number of rotatable bonds is 9. The van der Waals surface area contributed by atoms with Gasteiger partial charge in [0, 0.05) is 0 Å². The van der Waals surface area contributed by atoms with E-state index in [4.69, 9.17) is 19.6 Å². The number of ether oxygens (including phenoxy) is 3. The van der Waals surface area contributed by atoms with Crippen molar-refractivity contribution in [1.82, 2.24) is 5.01 Å². The quantitative estimate of drug-likeness (QED) is 0.382. The van der Waals surface area contributed by atoms with Gasteiger partial charge in [-0.05, 0) is 86.0 Å². The molecule has 182 valence electrons. The molecule has 9 heteroatoms. The number of carbonyl (C=O) groups excluding carboxylic acids is 1. The lowest BCUT2D eigenvalue weighted by Gasteiger charge is -2.20. The molecule has 0 aromatic heterocycles. The number of thioether (sulfide) groups is 1. The number of nitrogens with one attached hydrogen (secondary N) is 1. The van der Waals surface area contributed by atoms with E-state index >= 15 is 0 Å². The van der Waals surface area contributed by atoms with Crippen LogP contribution < -0.4 is 14.2 Å². The maximum atomic E-state index is 12.6. The Hall–Kier alpha value is -3.59. The number of fused-ring (bicyclic) bond motifs is 1. The van der Waals surface area contributed by atoms with Gasteiger partial charge in [0.25, 0.3) is 5.91 Å². The lowest BCUT2D eigenvalue weighted by Crippen LogP contribution is -2.35. The summed E-state index contributed by atoms with van der Waals surface area (Å²) in [6.07, 6.45) is 2.35. The number of aryl methyl sites for hydroxylation is 2. The monoisotopic (exact) mass is 492 g/mol. The van der Waals surface area contributed by atoms with Crippen LogP contribution in [0.15, 0.2) is 52.1 Å². The van der Waals surface area contributed by atoms with E-state index < -0.39 is 5.91 Å². The summed E-state index contributed by atoms with van der Waals surface area (Å²) in [6.45, 7) is 9.17. The van der Waals surface area contributed by atoms with Gasteiger partial charge >= 0.3 is 0 Å². The zero-order valence-electron chi connectivity index (χ0n) is 20.3. The number of hydrazone groups is 1. The summed E-state index contributed by atoms with van der Waals surface area (Å²) < 4.78 is 17.5. The SMILES string of the molecule is CCOc1cc(C=C2C(=N)N3N=C(CC)SC3=NC2=O)ccc1OCCOc1ccc(C)c(C)c1. The fourth-order valence-electron chi connectivity index (χ4n) is 3.46. The topological polar surface area (TPSA) is 96.6 Å². The molecule has 0 saturated heterocycles. The first kappa shape index (κ1) is 24.5. The first-order valence-electron chi connectivity index (χ1n) is 11.5. The van der Waals surface area contributed by atoms with Crippen LogP contribution in [0.5, 0.6) is 17.2 Å². The minimum Gasteiger partial charge on any atom is -0.490 e. The number of hydrogen-bond donors (Lipinski definition) is 1. The van der Waals surface area contributed by atoms with Crippen molar-refractivity contribution < 1.29 is 19.0 Å². The van der Waals surface area contributed by atoms with Crippen LogP contribution in [-0.2, 0) is 4.79 Å². The maximum Gasteiger partial charge on any atom is 0.283 e. The lowest BCUT2D eigenvalue weighted by atomic mass is 10.1. The van der Waals surface area contributed by atoms with Gasteiger partial charge in [0.2, 0.25) is 5.17 Å². The average Bonchev–Trinajstić information content (AvgIpc) is 3.26. The number of benzene rings is 2. The van der Waals surface area contributed by atoms with Crippen LogP contribution in [0.3, 0.4) is 0 Å². The third kappa shape index (κ3) is 5.57.